The number of Topliss-reactive ketones (excluding diaryl/α,β-unsaturated/α-hetero) is 1. The molecule has 8 nitrogen and oxygen atoms in total. The lowest BCUT2D eigenvalue weighted by Crippen LogP contribution is -2.31. The van der Waals surface area contributed by atoms with Gasteiger partial charge in [-0.25, -0.2) is 0 Å². The molecule has 128 valence electrons. The molecule has 0 fully saturated rings. The van der Waals surface area contributed by atoms with E-state index in [0.29, 0.717) is 35.6 Å². The number of hydrogen-bond donors (Lipinski definition) is 1. The van der Waals surface area contributed by atoms with Crippen LogP contribution >= 0.6 is 0 Å². The fourth-order valence-electron chi connectivity index (χ4n) is 2.74. The molecule has 0 saturated carbocycles. The Balaban J connectivity index is 1.91. The van der Waals surface area contributed by atoms with Gasteiger partial charge < -0.3 is 10.6 Å². The Labute approximate surface area is 144 Å². The second-order valence-corrected chi connectivity index (χ2v) is 5.65. The maximum Gasteiger partial charge on any atom is 0.269 e. The second-order valence-electron chi connectivity index (χ2n) is 5.65. The lowest BCUT2D eigenvalue weighted by molar-refractivity contribution is -0.384. The average molecular weight is 339 g/mol. The molecule has 1 heterocycles. The first kappa shape index (κ1) is 16.6. The molecule has 1 aliphatic heterocycles. The normalized spacial score (nSPS) is 14.0. The third-order valence-electron chi connectivity index (χ3n) is 4.11. The van der Waals surface area contributed by atoms with Crippen LogP contribution in [-0.2, 0) is 0 Å². The molecule has 0 aliphatic carbocycles. The van der Waals surface area contributed by atoms with Gasteiger partial charge in [-0.3, -0.25) is 14.9 Å². The van der Waals surface area contributed by atoms with Gasteiger partial charge in [0.2, 0.25) is 0 Å². The number of nitrogen functional groups attached to an aromatic ring is 1. The molecule has 2 aromatic rings. The van der Waals surface area contributed by atoms with Crippen molar-refractivity contribution < 1.29 is 9.72 Å². The number of carbonyl (C=O) groups excluding carboxylic acids is 1. The summed E-state index contributed by atoms with van der Waals surface area (Å²) in [6.45, 7) is 3.51. The van der Waals surface area contributed by atoms with Crippen LogP contribution in [0.25, 0.3) is 0 Å². The minimum Gasteiger partial charge on any atom is -0.397 e. The van der Waals surface area contributed by atoms with E-state index < -0.39 is 4.92 Å². The maximum absolute atomic E-state index is 12.2. The number of nitro benzene ring substituents is 1. The van der Waals surface area contributed by atoms with Gasteiger partial charge in [-0.1, -0.05) is 0 Å². The van der Waals surface area contributed by atoms with Gasteiger partial charge in [-0.15, -0.1) is 5.11 Å². The molecule has 0 spiro atoms. The number of azo groups is 1. The summed E-state index contributed by atoms with van der Waals surface area (Å²) in [4.78, 5) is 24.5. The highest BCUT2D eigenvalue weighted by molar-refractivity contribution is 6.05. The number of rotatable bonds is 4. The predicted molar refractivity (Wildman–Crippen MR) is 95.0 cm³/mol. The molecule has 3 rings (SSSR count). The Morgan fingerprint density at radius 2 is 1.96 bits per heavy atom. The quantitative estimate of drug-likeness (QED) is 0.391. The van der Waals surface area contributed by atoms with Crippen molar-refractivity contribution in [1.29, 1.82) is 0 Å². The largest absolute Gasteiger partial charge is 0.397 e. The molecular formula is C17H17N5O3. The van der Waals surface area contributed by atoms with Gasteiger partial charge in [0, 0.05) is 42.9 Å². The molecule has 0 aromatic heterocycles. The van der Waals surface area contributed by atoms with E-state index in [0.717, 1.165) is 12.2 Å². The Hall–Kier alpha value is -3.29. The number of carbonyl (C=O) groups is 1. The molecule has 0 amide bonds. The smallest absolute Gasteiger partial charge is 0.269 e. The van der Waals surface area contributed by atoms with Crippen LogP contribution in [0.1, 0.15) is 23.7 Å². The van der Waals surface area contributed by atoms with Gasteiger partial charge in [0.05, 0.1) is 16.3 Å². The Bertz CT molecular complexity index is 861. The minimum absolute atomic E-state index is 0.0162. The second kappa shape index (κ2) is 6.68. The fourth-order valence-corrected chi connectivity index (χ4v) is 2.74. The Kier molecular flexibility index (Phi) is 4.42. The number of anilines is 2. The van der Waals surface area contributed by atoms with Crippen molar-refractivity contribution in [3.05, 3.63) is 52.1 Å². The summed E-state index contributed by atoms with van der Waals surface area (Å²) in [5.74, 6) is 0.0616. The lowest BCUT2D eigenvalue weighted by Gasteiger charge is -2.29. The number of hydrogen-bond acceptors (Lipinski definition) is 7. The Morgan fingerprint density at radius 1 is 1.24 bits per heavy atom. The zero-order valence-electron chi connectivity index (χ0n) is 13.7. The molecule has 8 heteroatoms. The van der Waals surface area contributed by atoms with Gasteiger partial charge in [-0.05, 0) is 31.2 Å². The van der Waals surface area contributed by atoms with Crippen LogP contribution in [0.15, 0.2) is 46.6 Å². The summed E-state index contributed by atoms with van der Waals surface area (Å²) in [5.41, 5.74) is 8.76. The number of benzene rings is 2. The van der Waals surface area contributed by atoms with Crippen molar-refractivity contribution >= 4 is 34.2 Å². The fraction of sp³-hybridized carbons (Fsp3) is 0.235. The first-order valence-electron chi connectivity index (χ1n) is 7.87. The summed E-state index contributed by atoms with van der Waals surface area (Å²) in [5, 5.41) is 18.8. The van der Waals surface area contributed by atoms with Gasteiger partial charge >= 0.3 is 0 Å². The monoisotopic (exact) mass is 339 g/mol. The van der Waals surface area contributed by atoms with Crippen LogP contribution in [0.2, 0.25) is 0 Å². The van der Waals surface area contributed by atoms with Crippen LogP contribution in [0.3, 0.4) is 0 Å². The van der Waals surface area contributed by atoms with Crippen molar-refractivity contribution in [3.63, 3.8) is 0 Å². The van der Waals surface area contributed by atoms with Crippen LogP contribution < -0.4 is 10.6 Å². The number of non-ortho nitro benzene ring substituents is 1. The van der Waals surface area contributed by atoms with Crippen LogP contribution in [0.4, 0.5) is 28.4 Å². The van der Waals surface area contributed by atoms with E-state index in [9.17, 15) is 14.9 Å². The van der Waals surface area contributed by atoms with Gasteiger partial charge in [0.25, 0.3) is 5.69 Å². The molecule has 0 saturated heterocycles. The highest BCUT2D eigenvalue weighted by Crippen LogP contribution is 2.36. The molecule has 0 atom stereocenters. The van der Waals surface area contributed by atoms with Crippen molar-refractivity contribution in [1.82, 2.24) is 0 Å². The maximum atomic E-state index is 12.2. The predicted octanol–water partition coefficient (Wildman–Crippen LogP) is 4.01. The van der Waals surface area contributed by atoms with E-state index >= 15 is 0 Å². The molecule has 0 bridgehead atoms. The van der Waals surface area contributed by atoms with Gasteiger partial charge in [0.15, 0.2) is 5.78 Å². The van der Waals surface area contributed by atoms with Gasteiger partial charge in [-0.2, -0.15) is 5.11 Å². The number of nitro groups is 1. The summed E-state index contributed by atoms with van der Waals surface area (Å²) in [6, 6.07) is 9.12. The zero-order chi connectivity index (χ0) is 18.0. The average Bonchev–Trinajstić information content (AvgIpc) is 2.61. The van der Waals surface area contributed by atoms with Crippen molar-refractivity contribution in [2.24, 2.45) is 10.2 Å². The van der Waals surface area contributed by atoms with Crippen molar-refractivity contribution in [2.45, 2.75) is 13.3 Å². The molecule has 0 unspecified atom stereocenters. The number of nitrogens with two attached hydrogens (primary N) is 1. The topological polar surface area (TPSA) is 114 Å². The van der Waals surface area contributed by atoms with E-state index in [-0.39, 0.29) is 11.5 Å². The van der Waals surface area contributed by atoms with Crippen LogP contribution in [0.5, 0.6) is 0 Å². The number of fused-ring (bicyclic) bond motifs is 1. The van der Waals surface area contributed by atoms with Crippen molar-refractivity contribution in [2.75, 3.05) is 23.7 Å². The van der Waals surface area contributed by atoms with Crippen LogP contribution in [-0.4, -0.2) is 23.8 Å². The first-order chi connectivity index (χ1) is 12.0. The zero-order valence-corrected chi connectivity index (χ0v) is 13.7. The third-order valence-corrected chi connectivity index (χ3v) is 4.11. The first-order valence-corrected chi connectivity index (χ1v) is 7.87. The molecular weight excluding hydrogens is 322 g/mol. The van der Waals surface area contributed by atoms with E-state index in [1.807, 2.05) is 6.92 Å². The number of ketones is 1. The summed E-state index contributed by atoms with van der Waals surface area (Å²) < 4.78 is 0. The van der Waals surface area contributed by atoms with E-state index in [2.05, 4.69) is 15.1 Å². The van der Waals surface area contributed by atoms with E-state index in [1.54, 1.807) is 12.1 Å². The third kappa shape index (κ3) is 3.32. The molecule has 2 N–H and O–H groups in total. The highest BCUT2D eigenvalue weighted by atomic mass is 16.6. The molecule has 0 radical (unpaired) electrons. The lowest BCUT2D eigenvalue weighted by atomic mass is 9.99. The molecule has 2 aromatic carbocycles. The van der Waals surface area contributed by atoms with Crippen molar-refractivity contribution in [3.8, 4) is 0 Å². The standard InChI is InChI=1S/C17H17N5O3/c1-2-21-8-7-17(23)13-9-15(14(18)10-16(13)21)20-19-11-3-5-12(6-4-11)22(24)25/h3-6,9-10H,2,7-8,18H2,1H3/b20-19+. The van der Waals surface area contributed by atoms with E-state index in [4.69, 9.17) is 5.73 Å². The summed E-state index contributed by atoms with van der Waals surface area (Å²) in [7, 11) is 0. The van der Waals surface area contributed by atoms with Crippen LogP contribution in [0, 0.1) is 10.1 Å². The van der Waals surface area contributed by atoms with Gasteiger partial charge in [0.1, 0.15) is 5.69 Å². The molecule has 25 heavy (non-hydrogen) atoms. The molecule has 1 aliphatic rings. The summed E-state index contributed by atoms with van der Waals surface area (Å²) in [6.07, 6.45) is 0.462. The number of nitrogens with zero attached hydrogens (tertiary/aromatic N) is 4. The Morgan fingerprint density at radius 3 is 2.60 bits per heavy atom. The SMILES string of the molecule is CCN1CCC(=O)c2cc(/N=N/c3ccc([N+](=O)[O-])cc3)c(N)cc21. The highest BCUT2D eigenvalue weighted by Gasteiger charge is 2.23. The van der Waals surface area contributed by atoms with E-state index in [1.165, 1.54) is 24.3 Å². The minimum atomic E-state index is -0.479. The summed E-state index contributed by atoms with van der Waals surface area (Å²) >= 11 is 0.